The van der Waals surface area contributed by atoms with Crippen molar-refractivity contribution in [3.8, 4) is 0 Å². The van der Waals surface area contributed by atoms with E-state index in [1.807, 2.05) is 18.2 Å². The van der Waals surface area contributed by atoms with Gasteiger partial charge in [0.15, 0.2) is 0 Å². The number of benzene rings is 2. The molecule has 0 bridgehead atoms. The summed E-state index contributed by atoms with van der Waals surface area (Å²) in [6.45, 7) is 2.11. The highest BCUT2D eigenvalue weighted by molar-refractivity contribution is 9.09. The minimum atomic E-state index is -0.287. The van der Waals surface area contributed by atoms with Crippen LogP contribution in [0.2, 0.25) is 5.02 Å². The standard InChI is InChI=1S/C17H17BrClF/c1-12-5-2-3-6-14(12)9-13(11-18)10-15-7-4-8-16(19)17(15)20/h2-8,13H,9-11H2,1H3. The maximum atomic E-state index is 14.0. The fourth-order valence-electron chi connectivity index (χ4n) is 2.35. The molecule has 0 aromatic heterocycles. The molecule has 1 unspecified atom stereocenters. The molecule has 0 N–H and O–H groups in total. The van der Waals surface area contributed by atoms with Crippen LogP contribution in [0.25, 0.3) is 0 Å². The normalized spacial score (nSPS) is 12.4. The first-order valence-electron chi connectivity index (χ1n) is 6.65. The van der Waals surface area contributed by atoms with Crippen molar-refractivity contribution < 1.29 is 4.39 Å². The molecule has 3 heteroatoms. The van der Waals surface area contributed by atoms with E-state index in [4.69, 9.17) is 11.6 Å². The van der Waals surface area contributed by atoms with Crippen LogP contribution in [0.1, 0.15) is 16.7 Å². The summed E-state index contributed by atoms with van der Waals surface area (Å²) in [6, 6.07) is 13.5. The Kier molecular flexibility index (Phi) is 5.62. The third-order valence-electron chi connectivity index (χ3n) is 3.53. The van der Waals surface area contributed by atoms with Crippen LogP contribution in [0, 0.1) is 18.7 Å². The second kappa shape index (κ2) is 7.24. The lowest BCUT2D eigenvalue weighted by Gasteiger charge is -2.16. The smallest absolute Gasteiger partial charge is 0.144 e. The van der Waals surface area contributed by atoms with E-state index in [0.29, 0.717) is 17.9 Å². The van der Waals surface area contributed by atoms with Crippen molar-refractivity contribution in [2.45, 2.75) is 19.8 Å². The molecule has 0 saturated carbocycles. The van der Waals surface area contributed by atoms with Gasteiger partial charge in [0.05, 0.1) is 5.02 Å². The lowest BCUT2D eigenvalue weighted by atomic mass is 9.92. The Balaban J connectivity index is 2.14. The Morgan fingerprint density at radius 1 is 1.05 bits per heavy atom. The van der Waals surface area contributed by atoms with Gasteiger partial charge in [-0.3, -0.25) is 0 Å². The van der Waals surface area contributed by atoms with Gasteiger partial charge in [-0.05, 0) is 48.4 Å². The highest BCUT2D eigenvalue weighted by Gasteiger charge is 2.14. The molecule has 0 saturated heterocycles. The minimum absolute atomic E-state index is 0.201. The summed E-state index contributed by atoms with van der Waals surface area (Å²) in [6.07, 6.45) is 1.62. The molecular formula is C17H17BrClF. The lowest BCUT2D eigenvalue weighted by Crippen LogP contribution is -2.12. The topological polar surface area (TPSA) is 0 Å². The minimum Gasteiger partial charge on any atom is -0.205 e. The number of aryl methyl sites for hydroxylation is 1. The molecule has 0 fully saturated rings. The fraction of sp³-hybridized carbons (Fsp3) is 0.294. The van der Waals surface area contributed by atoms with E-state index in [1.54, 1.807) is 12.1 Å². The summed E-state index contributed by atoms with van der Waals surface area (Å²) in [4.78, 5) is 0. The number of hydrogen-bond acceptors (Lipinski definition) is 0. The molecule has 0 radical (unpaired) electrons. The number of alkyl halides is 1. The average molecular weight is 356 g/mol. The molecule has 2 aromatic carbocycles. The van der Waals surface area contributed by atoms with Crippen molar-refractivity contribution in [2.75, 3.05) is 5.33 Å². The van der Waals surface area contributed by atoms with Crippen LogP contribution in [0.3, 0.4) is 0 Å². The van der Waals surface area contributed by atoms with Gasteiger partial charge in [-0.25, -0.2) is 4.39 Å². The Labute approximate surface area is 133 Å². The molecule has 2 rings (SSSR count). The van der Waals surface area contributed by atoms with Crippen LogP contribution >= 0.6 is 27.5 Å². The molecule has 1 atom stereocenters. The molecule has 106 valence electrons. The van der Waals surface area contributed by atoms with E-state index in [2.05, 4.69) is 35.0 Å². The summed E-state index contributed by atoms with van der Waals surface area (Å²) >= 11 is 9.38. The average Bonchev–Trinajstić information content (AvgIpc) is 2.45. The summed E-state index contributed by atoms with van der Waals surface area (Å²) in [5, 5.41) is 1.04. The van der Waals surface area contributed by atoms with Crippen molar-refractivity contribution in [3.05, 3.63) is 70.0 Å². The summed E-state index contributed by atoms with van der Waals surface area (Å²) < 4.78 is 14.0. The zero-order valence-electron chi connectivity index (χ0n) is 11.4. The van der Waals surface area contributed by atoms with E-state index in [1.165, 1.54) is 11.1 Å². The van der Waals surface area contributed by atoms with Crippen molar-refractivity contribution in [2.24, 2.45) is 5.92 Å². The molecular weight excluding hydrogens is 339 g/mol. The van der Waals surface area contributed by atoms with Crippen LogP contribution in [0.4, 0.5) is 4.39 Å². The van der Waals surface area contributed by atoms with Crippen molar-refractivity contribution in [1.29, 1.82) is 0 Å². The number of halogens is 3. The Morgan fingerprint density at radius 2 is 1.70 bits per heavy atom. The maximum Gasteiger partial charge on any atom is 0.144 e. The molecule has 2 aromatic rings. The Morgan fingerprint density at radius 3 is 2.40 bits per heavy atom. The first-order valence-corrected chi connectivity index (χ1v) is 8.15. The number of rotatable bonds is 5. The third kappa shape index (κ3) is 3.83. The third-order valence-corrected chi connectivity index (χ3v) is 4.74. The first-order chi connectivity index (χ1) is 9.61. The Bertz CT molecular complexity index is 583. The molecule has 0 spiro atoms. The van der Waals surface area contributed by atoms with Gasteiger partial charge in [0, 0.05) is 5.33 Å². The quantitative estimate of drug-likeness (QED) is 0.614. The largest absolute Gasteiger partial charge is 0.205 e. The second-order valence-corrected chi connectivity index (χ2v) is 6.12. The van der Waals surface area contributed by atoms with Gasteiger partial charge in [-0.15, -0.1) is 0 Å². The van der Waals surface area contributed by atoms with E-state index < -0.39 is 0 Å². The monoisotopic (exact) mass is 354 g/mol. The van der Waals surface area contributed by atoms with Gasteiger partial charge < -0.3 is 0 Å². The van der Waals surface area contributed by atoms with Crippen molar-refractivity contribution in [3.63, 3.8) is 0 Å². The van der Waals surface area contributed by atoms with Crippen LogP contribution in [0.5, 0.6) is 0 Å². The molecule has 0 aliphatic carbocycles. The fourth-order valence-corrected chi connectivity index (χ4v) is 3.00. The van der Waals surface area contributed by atoms with E-state index in [-0.39, 0.29) is 10.8 Å². The molecule has 0 aliphatic rings. The van der Waals surface area contributed by atoms with Crippen LogP contribution < -0.4 is 0 Å². The van der Waals surface area contributed by atoms with Gasteiger partial charge >= 0.3 is 0 Å². The van der Waals surface area contributed by atoms with Gasteiger partial charge in [0.2, 0.25) is 0 Å². The van der Waals surface area contributed by atoms with Crippen molar-refractivity contribution in [1.82, 2.24) is 0 Å². The Hall–Kier alpha value is -0.860. The SMILES string of the molecule is Cc1ccccc1CC(CBr)Cc1cccc(Cl)c1F. The lowest BCUT2D eigenvalue weighted by molar-refractivity contribution is 0.550. The predicted molar refractivity (Wildman–Crippen MR) is 87.3 cm³/mol. The molecule has 20 heavy (non-hydrogen) atoms. The van der Waals surface area contributed by atoms with Crippen LogP contribution in [-0.2, 0) is 12.8 Å². The van der Waals surface area contributed by atoms with Gasteiger partial charge in [-0.2, -0.15) is 0 Å². The van der Waals surface area contributed by atoms with Crippen LogP contribution in [-0.4, -0.2) is 5.33 Å². The van der Waals surface area contributed by atoms with E-state index in [9.17, 15) is 4.39 Å². The zero-order chi connectivity index (χ0) is 14.5. The molecule has 0 nitrogen and oxygen atoms in total. The first kappa shape index (κ1) is 15.5. The van der Waals surface area contributed by atoms with E-state index in [0.717, 1.165) is 11.8 Å². The van der Waals surface area contributed by atoms with E-state index >= 15 is 0 Å². The molecule has 0 amide bonds. The molecule has 0 heterocycles. The molecule has 0 aliphatic heterocycles. The highest BCUT2D eigenvalue weighted by atomic mass is 79.9. The predicted octanol–water partition coefficient (Wildman–Crippen LogP) is 5.58. The summed E-state index contributed by atoms with van der Waals surface area (Å²) in [7, 11) is 0. The maximum absolute atomic E-state index is 14.0. The summed E-state index contributed by atoms with van der Waals surface area (Å²) in [5.41, 5.74) is 3.29. The van der Waals surface area contributed by atoms with Crippen molar-refractivity contribution >= 4 is 27.5 Å². The van der Waals surface area contributed by atoms with Crippen LogP contribution in [0.15, 0.2) is 42.5 Å². The summed E-state index contributed by atoms with van der Waals surface area (Å²) in [5.74, 6) is 0.0639. The second-order valence-electron chi connectivity index (χ2n) is 5.07. The van der Waals surface area contributed by atoms with Gasteiger partial charge in [0.25, 0.3) is 0 Å². The van der Waals surface area contributed by atoms with Gasteiger partial charge in [0.1, 0.15) is 5.82 Å². The van der Waals surface area contributed by atoms with Gasteiger partial charge in [-0.1, -0.05) is 63.9 Å². The highest BCUT2D eigenvalue weighted by Crippen LogP contribution is 2.24. The number of hydrogen-bond donors (Lipinski definition) is 0. The zero-order valence-corrected chi connectivity index (χ0v) is 13.7.